The van der Waals surface area contributed by atoms with E-state index >= 15 is 0 Å². The van der Waals surface area contributed by atoms with Gasteiger partial charge in [-0.25, -0.2) is 0 Å². The highest BCUT2D eigenvalue weighted by Gasteiger charge is 2.32. The van der Waals surface area contributed by atoms with Gasteiger partial charge in [0.25, 0.3) is 0 Å². The zero-order valence-electron chi connectivity index (χ0n) is 19.7. The number of rotatable bonds is 16. The second-order valence-electron chi connectivity index (χ2n) is 7.77. The molecule has 30 heavy (non-hydrogen) atoms. The lowest BCUT2D eigenvalue weighted by atomic mass is 9.92. The molecule has 1 aliphatic rings. The lowest BCUT2D eigenvalue weighted by Gasteiger charge is -2.26. The fourth-order valence-corrected chi connectivity index (χ4v) is 8.65. The molecule has 0 N–H and O–H groups in total. The molecule has 1 rings (SSSR count). The summed E-state index contributed by atoms with van der Waals surface area (Å²) in [7, 11) is -4.39. The van der Waals surface area contributed by atoms with Crippen molar-refractivity contribution in [2.24, 2.45) is 0 Å². The summed E-state index contributed by atoms with van der Waals surface area (Å²) >= 11 is 0. The van der Waals surface area contributed by atoms with E-state index in [0.717, 1.165) is 24.9 Å². The van der Waals surface area contributed by atoms with Crippen LogP contribution in [0, 0.1) is 0 Å². The molecule has 0 radical (unpaired) electrons. The highest BCUT2D eigenvalue weighted by molar-refractivity contribution is 6.66. The van der Waals surface area contributed by atoms with E-state index in [2.05, 4.69) is 13.1 Å². The first kappa shape index (κ1) is 27.1. The Bertz CT molecular complexity index is 563. The first-order valence-corrected chi connectivity index (χ1v) is 16.3. The summed E-state index contributed by atoms with van der Waals surface area (Å²) in [4.78, 5) is 25.1. The Morgan fingerprint density at radius 2 is 0.933 bits per heavy atom. The number of carbonyl (C=O) groups is 2. The Morgan fingerprint density at radius 1 is 0.633 bits per heavy atom. The molecule has 0 aromatic heterocycles. The largest absolute Gasteiger partial charge is 0.395 e. The van der Waals surface area contributed by atoms with Gasteiger partial charge in [0, 0.05) is 37.6 Å². The van der Waals surface area contributed by atoms with Crippen LogP contribution in [0.25, 0.3) is 0 Å². The molecular weight excluding hydrogens is 416 g/mol. The van der Waals surface area contributed by atoms with E-state index in [0.29, 0.717) is 50.4 Å². The maximum atomic E-state index is 12.5. The zero-order chi connectivity index (χ0) is 22.6. The van der Waals surface area contributed by atoms with Crippen LogP contribution in [0.15, 0.2) is 23.3 Å². The molecule has 0 aliphatic heterocycles. The van der Waals surface area contributed by atoms with Crippen LogP contribution < -0.4 is 0 Å². The van der Waals surface area contributed by atoms with E-state index < -0.39 is 17.1 Å². The average Bonchev–Trinajstić information content (AvgIpc) is 2.66. The highest BCUT2D eigenvalue weighted by Crippen LogP contribution is 2.25. The Kier molecular flexibility index (Phi) is 12.2. The maximum absolute atomic E-state index is 12.5. The summed E-state index contributed by atoms with van der Waals surface area (Å²) in [6, 6.07) is 1.62. The van der Waals surface area contributed by atoms with Crippen LogP contribution in [0.3, 0.4) is 0 Å². The Labute approximate surface area is 184 Å². The van der Waals surface area contributed by atoms with Gasteiger partial charge in [0.1, 0.15) is 0 Å². The summed E-state index contributed by atoms with van der Waals surface area (Å²) in [6.45, 7) is 14.5. The van der Waals surface area contributed by atoms with Gasteiger partial charge >= 0.3 is 17.1 Å². The number of allylic oxidation sites excluding steroid dienone is 4. The molecule has 172 valence electrons. The second-order valence-corrected chi connectivity index (χ2v) is 14.5. The Balaban J connectivity index is 2.57. The van der Waals surface area contributed by atoms with Gasteiger partial charge in [-0.05, 0) is 90.7 Å². The van der Waals surface area contributed by atoms with Gasteiger partial charge in [-0.15, -0.1) is 0 Å². The molecule has 0 heterocycles. The third-order valence-electron chi connectivity index (χ3n) is 5.20. The molecule has 0 fully saturated rings. The molecule has 1 aliphatic carbocycles. The van der Waals surface area contributed by atoms with E-state index in [9.17, 15) is 9.59 Å². The van der Waals surface area contributed by atoms with Gasteiger partial charge in [0.15, 0.2) is 11.6 Å². The molecule has 0 spiro atoms. The normalized spacial score (nSPS) is 15.4. The molecule has 0 saturated carbocycles. The van der Waals surface area contributed by atoms with Crippen LogP contribution in [0.2, 0.25) is 25.2 Å². The lowest BCUT2D eigenvalue weighted by molar-refractivity contribution is -0.115. The van der Waals surface area contributed by atoms with E-state index in [1.54, 1.807) is 0 Å². The van der Waals surface area contributed by atoms with E-state index in [4.69, 9.17) is 17.7 Å². The molecule has 8 heteroatoms. The fourth-order valence-electron chi connectivity index (χ4n) is 3.83. The number of hydrogen-bond acceptors (Lipinski definition) is 6. The first-order chi connectivity index (χ1) is 14.2. The molecule has 0 aromatic carbocycles. The summed E-state index contributed by atoms with van der Waals surface area (Å²) in [5.74, 6) is -0.0918. The summed E-state index contributed by atoms with van der Waals surface area (Å²) in [5.41, 5.74) is 1.19. The van der Waals surface area contributed by atoms with Crippen LogP contribution in [0.5, 0.6) is 0 Å². The molecule has 0 amide bonds. The first-order valence-electron chi connectivity index (χ1n) is 11.3. The minimum absolute atomic E-state index is 0.0459. The zero-order valence-corrected chi connectivity index (χ0v) is 21.7. The highest BCUT2D eigenvalue weighted by atomic mass is 28.4. The molecule has 0 bridgehead atoms. The third-order valence-corrected chi connectivity index (χ3v) is 11.3. The smallest absolute Gasteiger partial charge is 0.334 e. The van der Waals surface area contributed by atoms with Crippen molar-refractivity contribution in [3.63, 3.8) is 0 Å². The SMILES string of the molecule is CCO[Si](C)(CCCC1=CC(=O)C(CCC[Si](C)(OCC)OCC)=CC1=O)OCC. The number of hydrogen-bond donors (Lipinski definition) is 0. The Hall–Kier alpha value is -0.906. The standard InChI is InChI=1S/C22H40O6Si2/c1-7-25-29(5,26-8-2)15-11-13-19-17-22(24)20(18-21(19)23)14-12-16-30(6,27-9-3)28-10-4/h17-18H,7-16H2,1-6H3. The monoisotopic (exact) mass is 456 g/mol. The predicted molar refractivity (Wildman–Crippen MR) is 124 cm³/mol. The van der Waals surface area contributed by atoms with Crippen molar-refractivity contribution in [1.82, 2.24) is 0 Å². The summed E-state index contributed by atoms with van der Waals surface area (Å²) in [6.07, 6.45) is 5.78. The van der Waals surface area contributed by atoms with Crippen molar-refractivity contribution in [3.05, 3.63) is 23.3 Å². The predicted octanol–water partition coefficient (Wildman–Crippen LogP) is 4.84. The van der Waals surface area contributed by atoms with Gasteiger partial charge in [-0.3, -0.25) is 9.59 Å². The lowest BCUT2D eigenvalue weighted by Crippen LogP contribution is -2.38. The van der Waals surface area contributed by atoms with Gasteiger partial charge in [-0.2, -0.15) is 0 Å². The number of carbonyl (C=O) groups excluding carboxylic acids is 2. The van der Waals surface area contributed by atoms with Gasteiger partial charge < -0.3 is 17.7 Å². The summed E-state index contributed by atoms with van der Waals surface area (Å²) < 4.78 is 23.4. The number of ketones is 2. The van der Waals surface area contributed by atoms with Crippen molar-refractivity contribution < 1.29 is 27.3 Å². The van der Waals surface area contributed by atoms with Crippen LogP contribution >= 0.6 is 0 Å². The fraction of sp³-hybridized carbons (Fsp3) is 0.727. The molecule has 0 atom stereocenters. The molecular formula is C22H40O6Si2. The van der Waals surface area contributed by atoms with Crippen LogP contribution in [0.4, 0.5) is 0 Å². The van der Waals surface area contributed by atoms with Crippen molar-refractivity contribution in [2.75, 3.05) is 26.4 Å². The van der Waals surface area contributed by atoms with Gasteiger partial charge in [0.2, 0.25) is 0 Å². The Morgan fingerprint density at radius 3 is 1.20 bits per heavy atom. The van der Waals surface area contributed by atoms with Gasteiger partial charge in [-0.1, -0.05) is 0 Å². The van der Waals surface area contributed by atoms with Crippen LogP contribution in [0.1, 0.15) is 53.4 Å². The molecule has 0 aromatic rings. The second kappa shape index (κ2) is 13.5. The summed E-state index contributed by atoms with van der Waals surface area (Å²) in [5, 5.41) is 0. The molecule has 0 unspecified atom stereocenters. The van der Waals surface area contributed by atoms with Gasteiger partial charge in [0.05, 0.1) is 0 Å². The van der Waals surface area contributed by atoms with E-state index in [1.807, 2.05) is 27.7 Å². The minimum atomic E-state index is -2.19. The van der Waals surface area contributed by atoms with Crippen LogP contribution in [-0.4, -0.2) is 55.1 Å². The third kappa shape index (κ3) is 9.07. The van der Waals surface area contributed by atoms with Crippen molar-refractivity contribution in [3.8, 4) is 0 Å². The topological polar surface area (TPSA) is 71.1 Å². The molecule has 6 nitrogen and oxygen atoms in total. The minimum Gasteiger partial charge on any atom is -0.395 e. The van der Waals surface area contributed by atoms with Crippen molar-refractivity contribution in [2.45, 2.75) is 78.6 Å². The van der Waals surface area contributed by atoms with E-state index in [1.165, 1.54) is 12.2 Å². The van der Waals surface area contributed by atoms with E-state index in [-0.39, 0.29) is 11.6 Å². The maximum Gasteiger partial charge on any atom is 0.334 e. The van der Waals surface area contributed by atoms with Crippen molar-refractivity contribution in [1.29, 1.82) is 0 Å². The van der Waals surface area contributed by atoms with Crippen molar-refractivity contribution >= 4 is 28.7 Å². The quantitative estimate of drug-likeness (QED) is 0.244. The molecule has 0 saturated heterocycles. The van der Waals surface area contributed by atoms with Crippen LogP contribution in [-0.2, 0) is 27.3 Å². The average molecular weight is 457 g/mol.